The second-order valence-corrected chi connectivity index (χ2v) is 6.01. The van der Waals surface area contributed by atoms with Crippen LogP contribution in [0.3, 0.4) is 0 Å². The molecule has 0 aliphatic heterocycles. The van der Waals surface area contributed by atoms with Gasteiger partial charge in [-0.3, -0.25) is 0 Å². The summed E-state index contributed by atoms with van der Waals surface area (Å²) < 4.78 is 35.3. The molecule has 0 saturated heterocycles. The van der Waals surface area contributed by atoms with Gasteiger partial charge in [0.05, 0.1) is 27.0 Å². The average molecular weight is 316 g/mol. The van der Waals surface area contributed by atoms with Crippen molar-refractivity contribution in [2.24, 2.45) is 5.14 Å². The van der Waals surface area contributed by atoms with E-state index in [9.17, 15) is 12.8 Å². The molecule has 0 unspecified atom stereocenters. The van der Waals surface area contributed by atoms with Crippen molar-refractivity contribution in [1.29, 1.82) is 0 Å². The van der Waals surface area contributed by atoms with Crippen LogP contribution in [0, 0.1) is 5.82 Å². The highest BCUT2D eigenvalue weighted by molar-refractivity contribution is 7.89. The molecule has 5 nitrogen and oxygen atoms in total. The lowest BCUT2D eigenvalue weighted by molar-refractivity contribution is 0.598. The molecule has 0 heterocycles. The van der Waals surface area contributed by atoms with Crippen molar-refractivity contribution in [2.75, 3.05) is 11.1 Å². The van der Waals surface area contributed by atoms with Gasteiger partial charge in [-0.1, -0.05) is 11.6 Å². The van der Waals surface area contributed by atoms with Gasteiger partial charge in [-0.2, -0.15) is 0 Å². The molecular weight excluding hydrogens is 305 g/mol. The largest absolute Gasteiger partial charge is 0.397 e. The number of rotatable bonds is 3. The molecule has 0 amide bonds. The van der Waals surface area contributed by atoms with Gasteiger partial charge in [-0.05, 0) is 36.4 Å². The van der Waals surface area contributed by atoms with Crippen molar-refractivity contribution in [3.8, 4) is 0 Å². The van der Waals surface area contributed by atoms with Crippen molar-refractivity contribution in [2.45, 2.75) is 4.90 Å². The quantitative estimate of drug-likeness (QED) is 0.758. The summed E-state index contributed by atoms with van der Waals surface area (Å²) in [5.74, 6) is -0.460. The number of hydrogen-bond donors (Lipinski definition) is 3. The van der Waals surface area contributed by atoms with Crippen LogP contribution in [-0.4, -0.2) is 8.42 Å². The molecule has 0 spiro atoms. The highest BCUT2D eigenvalue weighted by atomic mass is 35.5. The van der Waals surface area contributed by atoms with Gasteiger partial charge in [-0.25, -0.2) is 17.9 Å². The van der Waals surface area contributed by atoms with Crippen molar-refractivity contribution in [1.82, 2.24) is 0 Å². The molecule has 106 valence electrons. The Morgan fingerprint density at radius 3 is 2.30 bits per heavy atom. The average Bonchev–Trinajstić information content (AvgIpc) is 2.33. The summed E-state index contributed by atoms with van der Waals surface area (Å²) in [6, 6.07) is 7.84. The van der Waals surface area contributed by atoms with Crippen LogP contribution in [0.15, 0.2) is 41.3 Å². The van der Waals surface area contributed by atoms with Crippen LogP contribution in [0.2, 0.25) is 5.02 Å². The predicted molar refractivity (Wildman–Crippen MR) is 76.9 cm³/mol. The minimum atomic E-state index is -3.81. The summed E-state index contributed by atoms with van der Waals surface area (Å²) in [5.41, 5.74) is 6.81. The Labute approximate surface area is 120 Å². The summed E-state index contributed by atoms with van der Waals surface area (Å²) in [6.07, 6.45) is 0. The molecule has 0 fully saturated rings. The van der Waals surface area contributed by atoms with Crippen LogP contribution in [-0.2, 0) is 10.0 Å². The number of nitrogens with two attached hydrogens (primary N) is 2. The Bertz CT molecular complexity index is 765. The lowest BCUT2D eigenvalue weighted by Gasteiger charge is -2.11. The smallest absolute Gasteiger partial charge is 0.238 e. The molecule has 8 heteroatoms. The molecule has 0 aromatic heterocycles. The van der Waals surface area contributed by atoms with E-state index >= 15 is 0 Å². The molecule has 2 aromatic carbocycles. The maximum atomic E-state index is 12.9. The Hall–Kier alpha value is -1.83. The van der Waals surface area contributed by atoms with Crippen LogP contribution < -0.4 is 16.2 Å². The minimum absolute atomic E-state index is 0.0919. The molecule has 2 aromatic rings. The molecule has 0 saturated carbocycles. The molecule has 0 bridgehead atoms. The Balaban J connectivity index is 2.35. The zero-order valence-corrected chi connectivity index (χ0v) is 11.7. The summed E-state index contributed by atoms with van der Waals surface area (Å²) in [5, 5.41) is 8.07. The van der Waals surface area contributed by atoms with E-state index in [4.69, 9.17) is 22.5 Å². The van der Waals surface area contributed by atoms with Gasteiger partial charge in [0.25, 0.3) is 0 Å². The van der Waals surface area contributed by atoms with Crippen LogP contribution in [0.1, 0.15) is 0 Å². The summed E-state index contributed by atoms with van der Waals surface area (Å²) in [6.45, 7) is 0. The second kappa shape index (κ2) is 5.28. The zero-order valence-electron chi connectivity index (χ0n) is 10.1. The van der Waals surface area contributed by atoms with Gasteiger partial charge in [-0.15, -0.1) is 0 Å². The number of hydrogen-bond acceptors (Lipinski definition) is 4. The van der Waals surface area contributed by atoms with Crippen LogP contribution in [0.5, 0.6) is 0 Å². The Morgan fingerprint density at radius 1 is 1.10 bits per heavy atom. The first kappa shape index (κ1) is 14.6. The van der Waals surface area contributed by atoms with Gasteiger partial charge < -0.3 is 11.1 Å². The molecule has 0 atom stereocenters. The topological polar surface area (TPSA) is 98.2 Å². The molecule has 0 radical (unpaired) electrons. The summed E-state index contributed by atoms with van der Waals surface area (Å²) in [4.78, 5) is -0.0919. The Kier molecular flexibility index (Phi) is 3.85. The van der Waals surface area contributed by atoms with Crippen molar-refractivity contribution in [3.05, 3.63) is 47.2 Å². The predicted octanol–water partition coefficient (Wildman–Crippen LogP) is 2.45. The molecule has 0 aliphatic carbocycles. The monoisotopic (exact) mass is 315 g/mol. The number of anilines is 3. The third-order valence-corrected chi connectivity index (χ3v) is 3.78. The Morgan fingerprint density at radius 2 is 1.75 bits per heavy atom. The van der Waals surface area contributed by atoms with Gasteiger partial charge in [0.15, 0.2) is 0 Å². The van der Waals surface area contributed by atoms with Gasteiger partial charge in [0, 0.05) is 0 Å². The fourth-order valence-corrected chi connectivity index (χ4v) is 2.33. The third kappa shape index (κ3) is 3.19. The van der Waals surface area contributed by atoms with Gasteiger partial charge in [0.2, 0.25) is 10.0 Å². The first-order valence-electron chi connectivity index (χ1n) is 5.42. The molecular formula is C12H11ClFN3O2S. The van der Waals surface area contributed by atoms with Crippen molar-refractivity contribution >= 4 is 38.7 Å². The van der Waals surface area contributed by atoms with E-state index < -0.39 is 15.8 Å². The lowest BCUT2D eigenvalue weighted by Crippen LogP contribution is -2.12. The number of primary sulfonamides is 1. The molecule has 20 heavy (non-hydrogen) atoms. The van der Waals surface area contributed by atoms with Crippen molar-refractivity contribution in [3.63, 3.8) is 0 Å². The van der Waals surface area contributed by atoms with E-state index in [0.717, 1.165) is 6.07 Å². The van der Waals surface area contributed by atoms with Crippen LogP contribution in [0.4, 0.5) is 21.5 Å². The normalized spacial score (nSPS) is 11.3. The van der Waals surface area contributed by atoms with Crippen LogP contribution in [0.25, 0.3) is 0 Å². The maximum Gasteiger partial charge on any atom is 0.238 e. The lowest BCUT2D eigenvalue weighted by atomic mass is 10.2. The van der Waals surface area contributed by atoms with E-state index in [0.29, 0.717) is 11.4 Å². The minimum Gasteiger partial charge on any atom is -0.397 e. The van der Waals surface area contributed by atoms with E-state index in [1.807, 2.05) is 0 Å². The summed E-state index contributed by atoms with van der Waals surface area (Å²) >= 11 is 5.88. The first-order valence-corrected chi connectivity index (χ1v) is 7.34. The van der Waals surface area contributed by atoms with E-state index in [1.54, 1.807) is 0 Å². The number of halogens is 2. The van der Waals surface area contributed by atoms with Gasteiger partial charge >= 0.3 is 0 Å². The number of benzene rings is 2. The molecule has 2 rings (SSSR count). The third-order valence-electron chi connectivity index (χ3n) is 2.55. The zero-order chi connectivity index (χ0) is 14.9. The summed E-state index contributed by atoms with van der Waals surface area (Å²) in [7, 11) is -3.81. The second-order valence-electron chi connectivity index (χ2n) is 4.04. The molecule has 0 aliphatic rings. The SMILES string of the molecule is Nc1cc(S(N)(=O)=O)ccc1Nc1ccc(F)cc1Cl. The number of nitrogen functional groups attached to an aromatic ring is 1. The first-order chi connectivity index (χ1) is 9.27. The fourth-order valence-electron chi connectivity index (χ4n) is 1.57. The van der Waals surface area contributed by atoms with E-state index in [2.05, 4.69) is 5.32 Å². The number of sulfonamides is 1. The highest BCUT2D eigenvalue weighted by Gasteiger charge is 2.11. The fraction of sp³-hybridized carbons (Fsp3) is 0. The number of nitrogens with one attached hydrogen (secondary N) is 1. The maximum absolute atomic E-state index is 12.9. The van der Waals surface area contributed by atoms with E-state index in [-0.39, 0.29) is 15.6 Å². The highest BCUT2D eigenvalue weighted by Crippen LogP contribution is 2.30. The van der Waals surface area contributed by atoms with Crippen LogP contribution >= 0.6 is 11.6 Å². The van der Waals surface area contributed by atoms with Crippen molar-refractivity contribution < 1.29 is 12.8 Å². The van der Waals surface area contributed by atoms with E-state index in [1.165, 1.54) is 30.3 Å². The standard InChI is InChI=1S/C12H11ClFN3O2S/c13-9-5-7(14)1-3-11(9)17-12-4-2-8(6-10(12)15)20(16,18)19/h1-6,17H,15H2,(H2,16,18,19). The molecule has 5 N–H and O–H groups in total. The van der Waals surface area contributed by atoms with Gasteiger partial charge in [0.1, 0.15) is 5.82 Å².